The number of hydrogen-bond donors (Lipinski definition) is 2. The maximum atomic E-state index is 12.2. The van der Waals surface area contributed by atoms with Gasteiger partial charge in [-0.2, -0.15) is 0 Å². The summed E-state index contributed by atoms with van der Waals surface area (Å²) in [6.45, 7) is 4.08. The molecule has 0 saturated carbocycles. The zero-order valence-electron chi connectivity index (χ0n) is 21.9. The van der Waals surface area contributed by atoms with Crippen LogP contribution in [0.1, 0.15) is 34.8 Å². The van der Waals surface area contributed by atoms with Crippen molar-refractivity contribution < 1.29 is 14.6 Å². The van der Waals surface area contributed by atoms with E-state index in [1.54, 1.807) is 19.1 Å². The fraction of sp³-hybridized carbons (Fsp3) is 0.267. The molecule has 1 heterocycles. The number of anilines is 1. The third-order valence-electron chi connectivity index (χ3n) is 6.20. The van der Waals surface area contributed by atoms with Crippen LogP contribution in [0.25, 0.3) is 10.9 Å². The summed E-state index contributed by atoms with van der Waals surface area (Å²) >= 11 is 0. The standard InChI is InChI=1S/C30H34N4O3/c1-5-37-30(36)22-12-17-25-26(20-22)32-29(35)27(25)28(21-10-7-6-8-11-21)31-23-13-15-24(16-14-23)34(4)19-9-18-33(2)3/h6-8,10-17,20,32,35H,5,9,18-19H2,1-4H3. The normalized spacial score (nSPS) is 11.8. The molecule has 0 aliphatic heterocycles. The summed E-state index contributed by atoms with van der Waals surface area (Å²) in [6.07, 6.45) is 1.08. The summed E-state index contributed by atoms with van der Waals surface area (Å²) in [6, 6.07) is 23.1. The fourth-order valence-electron chi connectivity index (χ4n) is 4.29. The van der Waals surface area contributed by atoms with Gasteiger partial charge in [0.25, 0.3) is 0 Å². The molecule has 0 saturated heterocycles. The van der Waals surface area contributed by atoms with Gasteiger partial charge in [-0.15, -0.1) is 0 Å². The predicted molar refractivity (Wildman–Crippen MR) is 151 cm³/mol. The molecule has 0 atom stereocenters. The van der Waals surface area contributed by atoms with E-state index in [1.807, 2.05) is 48.5 Å². The van der Waals surface area contributed by atoms with E-state index in [-0.39, 0.29) is 5.88 Å². The van der Waals surface area contributed by atoms with Crippen LogP contribution in [0.2, 0.25) is 0 Å². The molecular formula is C30H34N4O3. The molecule has 0 amide bonds. The summed E-state index contributed by atoms with van der Waals surface area (Å²) in [5.41, 5.74) is 5.06. The third kappa shape index (κ3) is 6.19. The maximum Gasteiger partial charge on any atom is 0.338 e. The number of aliphatic imine (C=N–C) groups is 1. The molecule has 1 aromatic heterocycles. The highest BCUT2D eigenvalue weighted by molar-refractivity contribution is 6.22. The van der Waals surface area contributed by atoms with Crippen LogP contribution in [0, 0.1) is 0 Å². The molecule has 4 aromatic rings. The monoisotopic (exact) mass is 498 g/mol. The van der Waals surface area contributed by atoms with Gasteiger partial charge < -0.3 is 24.6 Å². The van der Waals surface area contributed by atoms with Crippen LogP contribution < -0.4 is 4.90 Å². The smallest absolute Gasteiger partial charge is 0.338 e. The highest BCUT2D eigenvalue weighted by atomic mass is 16.5. The van der Waals surface area contributed by atoms with Gasteiger partial charge in [0, 0.05) is 35.7 Å². The first-order chi connectivity index (χ1) is 17.9. The lowest BCUT2D eigenvalue weighted by Gasteiger charge is -2.20. The first-order valence-corrected chi connectivity index (χ1v) is 12.5. The summed E-state index contributed by atoms with van der Waals surface area (Å²) < 4.78 is 5.12. The van der Waals surface area contributed by atoms with Crippen LogP contribution in [-0.2, 0) is 4.74 Å². The SMILES string of the molecule is CCOC(=O)c1ccc2c(C(=Nc3ccc(N(C)CCCN(C)C)cc3)c3ccccc3)c(O)[nH]c2c1. The first kappa shape index (κ1) is 26.0. The van der Waals surface area contributed by atoms with Gasteiger partial charge in [0.1, 0.15) is 0 Å². The Morgan fingerprint density at radius 3 is 2.35 bits per heavy atom. The van der Waals surface area contributed by atoms with Gasteiger partial charge in [0.05, 0.1) is 29.1 Å². The fourth-order valence-corrected chi connectivity index (χ4v) is 4.29. The first-order valence-electron chi connectivity index (χ1n) is 12.5. The van der Waals surface area contributed by atoms with Crippen molar-refractivity contribution in [2.24, 2.45) is 4.99 Å². The zero-order chi connectivity index (χ0) is 26.4. The Bertz CT molecular complexity index is 1380. The number of benzene rings is 3. The Morgan fingerprint density at radius 2 is 1.68 bits per heavy atom. The minimum atomic E-state index is -0.399. The topological polar surface area (TPSA) is 81.2 Å². The van der Waals surface area contributed by atoms with Crippen LogP contribution in [0.3, 0.4) is 0 Å². The van der Waals surface area contributed by atoms with E-state index in [1.165, 1.54) is 0 Å². The van der Waals surface area contributed by atoms with E-state index in [0.717, 1.165) is 41.8 Å². The largest absolute Gasteiger partial charge is 0.494 e. The van der Waals surface area contributed by atoms with Crippen LogP contribution in [-0.4, -0.2) is 67.5 Å². The summed E-state index contributed by atoms with van der Waals surface area (Å²) in [4.78, 5) is 24.6. The quantitative estimate of drug-likeness (QED) is 0.220. The number of esters is 1. The molecule has 0 aliphatic carbocycles. The number of carbonyl (C=O) groups is 1. The molecule has 0 bridgehead atoms. The summed E-state index contributed by atoms with van der Waals surface area (Å²) in [5, 5.41) is 11.7. The van der Waals surface area contributed by atoms with Gasteiger partial charge in [0.15, 0.2) is 5.88 Å². The lowest BCUT2D eigenvalue weighted by atomic mass is 10.00. The third-order valence-corrected chi connectivity index (χ3v) is 6.20. The molecule has 7 nitrogen and oxygen atoms in total. The van der Waals surface area contributed by atoms with Crippen molar-refractivity contribution in [2.75, 3.05) is 45.7 Å². The molecule has 3 aromatic carbocycles. The molecule has 0 unspecified atom stereocenters. The van der Waals surface area contributed by atoms with Gasteiger partial charge in [-0.3, -0.25) is 0 Å². The van der Waals surface area contributed by atoms with E-state index in [4.69, 9.17) is 9.73 Å². The number of nitrogens with zero attached hydrogens (tertiary/aromatic N) is 3. The average Bonchev–Trinajstić information content (AvgIpc) is 3.22. The highest BCUT2D eigenvalue weighted by Gasteiger charge is 2.20. The number of aromatic nitrogens is 1. The number of ether oxygens (including phenoxy) is 1. The lowest BCUT2D eigenvalue weighted by molar-refractivity contribution is 0.0526. The number of carbonyl (C=O) groups excluding carboxylic acids is 1. The molecule has 37 heavy (non-hydrogen) atoms. The molecule has 0 fully saturated rings. The van der Waals surface area contributed by atoms with Gasteiger partial charge in [-0.05, 0) is 70.4 Å². The van der Waals surface area contributed by atoms with Crippen molar-refractivity contribution in [2.45, 2.75) is 13.3 Å². The zero-order valence-corrected chi connectivity index (χ0v) is 21.9. The second-order valence-electron chi connectivity index (χ2n) is 9.25. The average molecular weight is 499 g/mol. The molecule has 0 spiro atoms. The molecule has 7 heteroatoms. The molecule has 0 aliphatic rings. The van der Waals surface area contributed by atoms with Gasteiger partial charge >= 0.3 is 5.97 Å². The number of nitrogens with one attached hydrogen (secondary N) is 1. The molecule has 0 radical (unpaired) electrons. The van der Waals surface area contributed by atoms with Crippen molar-refractivity contribution in [3.05, 3.63) is 89.5 Å². The molecule has 4 rings (SSSR count). The second-order valence-corrected chi connectivity index (χ2v) is 9.25. The van der Waals surface area contributed by atoms with E-state index in [9.17, 15) is 9.90 Å². The van der Waals surface area contributed by atoms with Crippen molar-refractivity contribution in [1.29, 1.82) is 0 Å². The Morgan fingerprint density at radius 1 is 0.946 bits per heavy atom. The number of fused-ring (bicyclic) bond motifs is 1. The Hall–Kier alpha value is -4.10. The van der Waals surface area contributed by atoms with E-state index in [2.05, 4.69) is 48.1 Å². The van der Waals surface area contributed by atoms with Crippen molar-refractivity contribution in [1.82, 2.24) is 9.88 Å². The number of aromatic amines is 1. The second kappa shape index (κ2) is 11.8. The van der Waals surface area contributed by atoms with Gasteiger partial charge in [-0.25, -0.2) is 9.79 Å². The minimum Gasteiger partial charge on any atom is -0.494 e. The summed E-state index contributed by atoms with van der Waals surface area (Å²) in [5.74, 6) is -0.403. The maximum absolute atomic E-state index is 12.2. The number of hydrogen-bond acceptors (Lipinski definition) is 6. The molecule has 192 valence electrons. The van der Waals surface area contributed by atoms with Gasteiger partial charge in [-0.1, -0.05) is 36.4 Å². The van der Waals surface area contributed by atoms with Crippen LogP contribution >= 0.6 is 0 Å². The molecule has 2 N–H and O–H groups in total. The van der Waals surface area contributed by atoms with Crippen LogP contribution in [0.15, 0.2) is 77.8 Å². The van der Waals surface area contributed by atoms with Crippen LogP contribution in [0.4, 0.5) is 11.4 Å². The van der Waals surface area contributed by atoms with E-state index >= 15 is 0 Å². The van der Waals surface area contributed by atoms with Crippen LogP contribution in [0.5, 0.6) is 5.88 Å². The Labute approximate surface area is 218 Å². The van der Waals surface area contributed by atoms with E-state index in [0.29, 0.717) is 29.0 Å². The van der Waals surface area contributed by atoms with E-state index < -0.39 is 5.97 Å². The Kier molecular flexibility index (Phi) is 8.25. The van der Waals surface area contributed by atoms with Crippen molar-refractivity contribution in [3.63, 3.8) is 0 Å². The summed E-state index contributed by atoms with van der Waals surface area (Å²) in [7, 11) is 6.27. The lowest BCUT2D eigenvalue weighted by Crippen LogP contribution is -2.23. The van der Waals surface area contributed by atoms with Crippen molar-refractivity contribution >= 4 is 34.0 Å². The number of rotatable bonds is 10. The minimum absolute atomic E-state index is 0.00384. The molecular weight excluding hydrogens is 464 g/mol. The number of aromatic hydroxyl groups is 1. The Balaban J connectivity index is 1.71. The van der Waals surface area contributed by atoms with Gasteiger partial charge in [0.2, 0.25) is 0 Å². The predicted octanol–water partition coefficient (Wildman–Crippen LogP) is 5.61. The number of H-pyrrole nitrogens is 1. The van der Waals surface area contributed by atoms with Crippen molar-refractivity contribution in [3.8, 4) is 5.88 Å². The highest BCUT2D eigenvalue weighted by Crippen LogP contribution is 2.32.